The average Bonchev–Trinajstić information content (AvgIpc) is 2.84. The van der Waals surface area contributed by atoms with Crippen molar-refractivity contribution in [2.45, 2.75) is 6.54 Å². The highest BCUT2D eigenvalue weighted by molar-refractivity contribution is 7.80. The van der Waals surface area contributed by atoms with Gasteiger partial charge in [0.05, 0.1) is 6.54 Å². The van der Waals surface area contributed by atoms with Crippen molar-refractivity contribution in [3.63, 3.8) is 0 Å². The molecular formula is C27H23N3S. The van der Waals surface area contributed by atoms with E-state index in [2.05, 4.69) is 17.4 Å². The van der Waals surface area contributed by atoms with Crippen LogP contribution in [0.5, 0.6) is 0 Å². The van der Waals surface area contributed by atoms with Gasteiger partial charge < -0.3 is 5.32 Å². The van der Waals surface area contributed by atoms with E-state index in [-0.39, 0.29) is 0 Å². The van der Waals surface area contributed by atoms with Gasteiger partial charge in [-0.25, -0.2) is 0 Å². The number of anilines is 2. The third-order valence-corrected chi connectivity index (χ3v) is 5.05. The summed E-state index contributed by atoms with van der Waals surface area (Å²) in [6.45, 7) is 0.567. The van der Waals surface area contributed by atoms with E-state index in [4.69, 9.17) is 17.2 Å². The fraction of sp³-hybridized carbons (Fsp3) is 0.0370. The number of nitrogens with zero attached hydrogens (tertiary/aromatic N) is 2. The molecule has 0 heterocycles. The maximum Gasteiger partial charge on any atom is 0.183 e. The molecule has 0 saturated carbocycles. The van der Waals surface area contributed by atoms with Crippen LogP contribution in [0, 0.1) is 0 Å². The predicted molar refractivity (Wildman–Crippen MR) is 134 cm³/mol. The van der Waals surface area contributed by atoms with E-state index in [0.717, 1.165) is 28.3 Å². The molecule has 0 amide bonds. The number of aliphatic imine (C=N–C) groups is 1. The second-order valence-electron chi connectivity index (χ2n) is 6.95. The van der Waals surface area contributed by atoms with Crippen molar-refractivity contribution in [3.8, 4) is 0 Å². The Morgan fingerprint density at radius 1 is 0.645 bits per heavy atom. The van der Waals surface area contributed by atoms with E-state index >= 15 is 0 Å². The lowest BCUT2D eigenvalue weighted by atomic mass is 10.2. The number of hydrogen-bond donors (Lipinski definition) is 1. The van der Waals surface area contributed by atoms with Crippen molar-refractivity contribution in [2.24, 2.45) is 4.99 Å². The van der Waals surface area contributed by atoms with Crippen LogP contribution in [0.3, 0.4) is 0 Å². The molecule has 0 radical (unpaired) electrons. The first-order chi connectivity index (χ1) is 15.3. The van der Waals surface area contributed by atoms with E-state index in [1.807, 2.05) is 114 Å². The molecule has 0 aromatic heterocycles. The lowest BCUT2D eigenvalue weighted by Crippen LogP contribution is -2.40. The molecule has 1 N–H and O–H groups in total. The number of para-hydroxylation sites is 2. The molecule has 0 aliphatic rings. The first-order valence-electron chi connectivity index (χ1n) is 10.2. The van der Waals surface area contributed by atoms with Gasteiger partial charge in [-0.05, 0) is 42.0 Å². The fourth-order valence-corrected chi connectivity index (χ4v) is 3.56. The number of nitrogens with one attached hydrogen (secondary N) is 1. The third-order valence-electron chi connectivity index (χ3n) is 4.77. The number of thiocarbonyl (C=S) groups is 1. The van der Waals surface area contributed by atoms with Crippen LogP contribution in [0.15, 0.2) is 126 Å². The Bertz CT molecular complexity index is 1090. The van der Waals surface area contributed by atoms with Crippen molar-refractivity contribution in [1.29, 1.82) is 0 Å². The van der Waals surface area contributed by atoms with Crippen LogP contribution in [-0.2, 0) is 6.54 Å². The Labute approximate surface area is 188 Å². The minimum Gasteiger partial charge on any atom is -0.316 e. The second-order valence-corrected chi connectivity index (χ2v) is 7.34. The first-order valence-corrected chi connectivity index (χ1v) is 10.6. The van der Waals surface area contributed by atoms with Crippen molar-refractivity contribution < 1.29 is 0 Å². The molecule has 0 spiro atoms. The molecule has 152 valence electrons. The van der Waals surface area contributed by atoms with E-state index < -0.39 is 0 Å². The maximum absolute atomic E-state index is 5.88. The summed E-state index contributed by atoms with van der Waals surface area (Å²) in [5, 5.41) is 3.97. The standard InChI is InChI=1S/C27H23N3S/c31-27(30(24-17-9-3-10-18-24)25-19-11-4-12-20-25)29-26(23-15-7-2-8-16-23)28-21-22-13-5-1-6-14-22/h1-20H,21H2,(H,28,29,31). The minimum atomic E-state index is 0.563. The van der Waals surface area contributed by atoms with Crippen LogP contribution < -0.4 is 10.2 Å². The Balaban J connectivity index is 1.66. The largest absolute Gasteiger partial charge is 0.316 e. The Hall–Kier alpha value is -3.76. The molecule has 0 fully saturated rings. The normalized spacial score (nSPS) is 11.0. The summed E-state index contributed by atoms with van der Waals surface area (Å²) < 4.78 is 0. The van der Waals surface area contributed by atoms with E-state index in [9.17, 15) is 0 Å². The Morgan fingerprint density at radius 2 is 1.10 bits per heavy atom. The monoisotopic (exact) mass is 421 g/mol. The van der Waals surface area contributed by atoms with Crippen LogP contribution in [-0.4, -0.2) is 10.9 Å². The molecule has 0 bridgehead atoms. The molecule has 4 rings (SSSR count). The number of amidine groups is 1. The summed E-state index contributed by atoms with van der Waals surface area (Å²) in [5.41, 5.74) is 4.11. The minimum absolute atomic E-state index is 0.563. The SMILES string of the molecule is S=C(NC(=NCc1ccccc1)c1ccccc1)N(c1ccccc1)c1ccccc1. The highest BCUT2D eigenvalue weighted by atomic mass is 32.1. The zero-order valence-corrected chi connectivity index (χ0v) is 17.9. The zero-order valence-electron chi connectivity index (χ0n) is 17.1. The van der Waals surface area contributed by atoms with Crippen molar-refractivity contribution in [2.75, 3.05) is 4.90 Å². The Kier molecular flexibility index (Phi) is 6.83. The van der Waals surface area contributed by atoms with Gasteiger partial charge in [0.15, 0.2) is 5.11 Å². The van der Waals surface area contributed by atoms with Crippen molar-refractivity contribution in [1.82, 2.24) is 5.32 Å². The summed E-state index contributed by atoms with van der Waals surface area (Å²) in [5.74, 6) is 0.742. The number of hydrogen-bond acceptors (Lipinski definition) is 2. The summed E-state index contributed by atoms with van der Waals surface area (Å²) in [6, 6.07) is 40.5. The van der Waals surface area contributed by atoms with E-state index in [0.29, 0.717) is 11.7 Å². The molecule has 31 heavy (non-hydrogen) atoms. The molecule has 0 saturated heterocycles. The van der Waals surface area contributed by atoms with Gasteiger partial charge in [-0.2, -0.15) is 0 Å². The van der Waals surface area contributed by atoms with Gasteiger partial charge in [0.1, 0.15) is 5.84 Å². The second kappa shape index (κ2) is 10.3. The van der Waals surface area contributed by atoms with Gasteiger partial charge in [0.2, 0.25) is 0 Å². The predicted octanol–water partition coefficient (Wildman–Crippen LogP) is 6.35. The molecule has 0 aliphatic carbocycles. The quantitative estimate of drug-likeness (QED) is 0.231. The summed E-state index contributed by atoms with van der Waals surface area (Å²) in [6.07, 6.45) is 0. The van der Waals surface area contributed by atoms with Gasteiger partial charge in [-0.15, -0.1) is 0 Å². The topological polar surface area (TPSA) is 27.6 Å². The maximum atomic E-state index is 5.88. The van der Waals surface area contributed by atoms with E-state index in [1.54, 1.807) is 0 Å². The van der Waals surface area contributed by atoms with Gasteiger partial charge in [-0.3, -0.25) is 9.89 Å². The van der Waals surface area contributed by atoms with Crippen LogP contribution in [0.2, 0.25) is 0 Å². The van der Waals surface area contributed by atoms with Crippen molar-refractivity contribution >= 4 is 34.5 Å². The van der Waals surface area contributed by atoms with Gasteiger partial charge >= 0.3 is 0 Å². The van der Waals surface area contributed by atoms with Crippen molar-refractivity contribution in [3.05, 3.63) is 132 Å². The van der Waals surface area contributed by atoms with Crippen LogP contribution >= 0.6 is 12.2 Å². The van der Waals surface area contributed by atoms with Gasteiger partial charge in [0, 0.05) is 16.9 Å². The smallest absolute Gasteiger partial charge is 0.183 e. The molecule has 0 unspecified atom stereocenters. The van der Waals surface area contributed by atoms with Gasteiger partial charge in [0.25, 0.3) is 0 Å². The summed E-state index contributed by atoms with van der Waals surface area (Å²) in [4.78, 5) is 6.89. The lowest BCUT2D eigenvalue weighted by Gasteiger charge is -2.26. The summed E-state index contributed by atoms with van der Waals surface area (Å²) >= 11 is 5.88. The number of rotatable bonds is 5. The summed E-state index contributed by atoms with van der Waals surface area (Å²) in [7, 11) is 0. The molecule has 4 aromatic carbocycles. The number of benzene rings is 4. The fourth-order valence-electron chi connectivity index (χ4n) is 3.25. The first kappa shape index (κ1) is 20.5. The molecular weight excluding hydrogens is 398 g/mol. The third kappa shape index (κ3) is 5.44. The molecule has 4 aromatic rings. The molecule has 3 nitrogen and oxygen atoms in total. The van der Waals surface area contributed by atoms with Crippen LogP contribution in [0.4, 0.5) is 11.4 Å². The van der Waals surface area contributed by atoms with Crippen LogP contribution in [0.1, 0.15) is 11.1 Å². The zero-order chi connectivity index (χ0) is 21.3. The molecule has 0 atom stereocenters. The molecule has 0 aliphatic heterocycles. The average molecular weight is 422 g/mol. The Morgan fingerprint density at radius 3 is 1.61 bits per heavy atom. The van der Waals surface area contributed by atoms with Crippen LogP contribution in [0.25, 0.3) is 0 Å². The molecule has 4 heteroatoms. The lowest BCUT2D eigenvalue weighted by molar-refractivity contribution is 1.05. The highest BCUT2D eigenvalue weighted by Crippen LogP contribution is 2.25. The highest BCUT2D eigenvalue weighted by Gasteiger charge is 2.16. The van der Waals surface area contributed by atoms with E-state index in [1.165, 1.54) is 0 Å². The van der Waals surface area contributed by atoms with Gasteiger partial charge in [-0.1, -0.05) is 97.1 Å².